The minimum Gasteiger partial charge on any atom is -0.493 e. The first-order chi connectivity index (χ1) is 14.2. The van der Waals surface area contributed by atoms with Crippen LogP contribution in [0.3, 0.4) is 0 Å². The molecule has 0 aliphatic carbocycles. The van der Waals surface area contributed by atoms with Crippen molar-refractivity contribution in [1.29, 1.82) is 0 Å². The molecule has 164 valence electrons. The van der Waals surface area contributed by atoms with Crippen LogP contribution in [0, 0.1) is 5.92 Å². The lowest BCUT2D eigenvalue weighted by Crippen LogP contribution is -2.39. The molecule has 1 unspecified atom stereocenters. The quantitative estimate of drug-likeness (QED) is 0.322. The number of ether oxygens (including phenoxy) is 3. The number of rotatable bonds is 8. The molecule has 3 rings (SSSR count). The standard InChI is InChI=1S/C23H31N3O3.HI/c1-24-23(25-14-20-10-7-11-21(27-2)22(20)28-3)26-13-12-19(15-26)17-29-16-18-8-5-4-6-9-18;/h4-11,19H,12-17H2,1-3H3,(H,24,25);1H. The summed E-state index contributed by atoms with van der Waals surface area (Å²) in [6.07, 6.45) is 1.11. The monoisotopic (exact) mass is 525 g/mol. The minimum atomic E-state index is 0. The fourth-order valence-electron chi connectivity index (χ4n) is 3.68. The van der Waals surface area contributed by atoms with Gasteiger partial charge >= 0.3 is 0 Å². The lowest BCUT2D eigenvalue weighted by atomic mass is 10.1. The van der Waals surface area contributed by atoms with Crippen molar-refractivity contribution in [1.82, 2.24) is 10.2 Å². The van der Waals surface area contributed by atoms with Crippen molar-refractivity contribution in [2.75, 3.05) is 41.0 Å². The van der Waals surface area contributed by atoms with Crippen LogP contribution in [0.5, 0.6) is 11.5 Å². The van der Waals surface area contributed by atoms with E-state index in [1.807, 2.05) is 43.4 Å². The molecule has 1 saturated heterocycles. The fourth-order valence-corrected chi connectivity index (χ4v) is 3.68. The Balaban J connectivity index is 0.00000320. The molecule has 1 heterocycles. The highest BCUT2D eigenvalue weighted by molar-refractivity contribution is 14.0. The number of aliphatic imine (C=N–C) groups is 1. The van der Waals surface area contributed by atoms with Gasteiger partial charge in [0.25, 0.3) is 0 Å². The zero-order valence-corrected chi connectivity index (χ0v) is 20.3. The Morgan fingerprint density at radius 2 is 1.90 bits per heavy atom. The van der Waals surface area contributed by atoms with Crippen molar-refractivity contribution in [3.63, 3.8) is 0 Å². The van der Waals surface area contributed by atoms with E-state index in [9.17, 15) is 0 Å². The average Bonchev–Trinajstić information content (AvgIpc) is 3.23. The smallest absolute Gasteiger partial charge is 0.193 e. The number of nitrogens with zero attached hydrogens (tertiary/aromatic N) is 2. The summed E-state index contributed by atoms with van der Waals surface area (Å²) in [6, 6.07) is 16.2. The number of halogens is 1. The largest absolute Gasteiger partial charge is 0.493 e. The lowest BCUT2D eigenvalue weighted by molar-refractivity contribution is 0.0906. The van der Waals surface area contributed by atoms with Crippen LogP contribution in [-0.2, 0) is 17.9 Å². The van der Waals surface area contributed by atoms with E-state index in [-0.39, 0.29) is 24.0 Å². The van der Waals surface area contributed by atoms with Crippen molar-refractivity contribution < 1.29 is 14.2 Å². The predicted octanol–water partition coefficient (Wildman–Crippen LogP) is 3.94. The third kappa shape index (κ3) is 6.50. The normalized spacial score (nSPS) is 16.2. The van der Waals surface area contributed by atoms with E-state index in [1.165, 1.54) is 5.56 Å². The van der Waals surface area contributed by atoms with E-state index >= 15 is 0 Å². The second-order valence-corrected chi connectivity index (χ2v) is 7.15. The Hall–Kier alpha value is -2.00. The molecule has 1 N–H and O–H groups in total. The van der Waals surface area contributed by atoms with Gasteiger partial charge in [-0.2, -0.15) is 0 Å². The summed E-state index contributed by atoms with van der Waals surface area (Å²) in [7, 11) is 5.14. The third-order valence-electron chi connectivity index (χ3n) is 5.18. The van der Waals surface area contributed by atoms with Crippen LogP contribution in [0.15, 0.2) is 53.5 Å². The second kappa shape index (κ2) is 12.6. The molecule has 1 aliphatic rings. The van der Waals surface area contributed by atoms with Crippen molar-refractivity contribution in [2.45, 2.75) is 19.6 Å². The molecule has 6 nitrogen and oxygen atoms in total. The molecule has 2 aromatic rings. The zero-order chi connectivity index (χ0) is 20.5. The molecule has 1 aliphatic heterocycles. The van der Waals surface area contributed by atoms with Gasteiger partial charge in [-0.15, -0.1) is 24.0 Å². The lowest BCUT2D eigenvalue weighted by Gasteiger charge is -2.22. The van der Waals surface area contributed by atoms with E-state index in [0.29, 0.717) is 19.1 Å². The van der Waals surface area contributed by atoms with Gasteiger partial charge < -0.3 is 24.4 Å². The van der Waals surface area contributed by atoms with E-state index < -0.39 is 0 Å². The van der Waals surface area contributed by atoms with Gasteiger partial charge in [-0.1, -0.05) is 42.5 Å². The van der Waals surface area contributed by atoms with Gasteiger partial charge in [-0.25, -0.2) is 0 Å². The number of guanidine groups is 1. The van der Waals surface area contributed by atoms with E-state index in [2.05, 4.69) is 27.3 Å². The second-order valence-electron chi connectivity index (χ2n) is 7.15. The van der Waals surface area contributed by atoms with Crippen LogP contribution in [0.1, 0.15) is 17.5 Å². The summed E-state index contributed by atoms with van der Waals surface area (Å²) in [5.41, 5.74) is 2.25. The molecule has 0 spiro atoms. The number of likely N-dealkylation sites (tertiary alicyclic amines) is 1. The topological polar surface area (TPSA) is 55.3 Å². The van der Waals surface area contributed by atoms with Gasteiger partial charge in [-0.3, -0.25) is 4.99 Å². The van der Waals surface area contributed by atoms with Crippen molar-refractivity contribution in [3.8, 4) is 11.5 Å². The maximum atomic E-state index is 5.93. The fraction of sp³-hybridized carbons (Fsp3) is 0.435. The first-order valence-electron chi connectivity index (χ1n) is 10.0. The highest BCUT2D eigenvalue weighted by Crippen LogP contribution is 2.30. The Bertz CT molecular complexity index is 802. The van der Waals surface area contributed by atoms with Gasteiger partial charge in [0.2, 0.25) is 0 Å². The maximum Gasteiger partial charge on any atom is 0.193 e. The molecule has 0 radical (unpaired) electrons. The number of hydrogen-bond donors (Lipinski definition) is 1. The highest BCUT2D eigenvalue weighted by Gasteiger charge is 2.25. The molecule has 0 saturated carbocycles. The number of hydrogen-bond acceptors (Lipinski definition) is 4. The van der Waals surface area contributed by atoms with Crippen LogP contribution >= 0.6 is 24.0 Å². The van der Waals surface area contributed by atoms with Gasteiger partial charge in [0.05, 0.1) is 27.4 Å². The van der Waals surface area contributed by atoms with Gasteiger partial charge in [0, 0.05) is 38.2 Å². The van der Waals surface area contributed by atoms with Gasteiger partial charge in [0.15, 0.2) is 17.5 Å². The Labute approximate surface area is 196 Å². The molecule has 0 amide bonds. The molecule has 30 heavy (non-hydrogen) atoms. The Morgan fingerprint density at radius 3 is 2.60 bits per heavy atom. The minimum absolute atomic E-state index is 0. The predicted molar refractivity (Wildman–Crippen MR) is 131 cm³/mol. The summed E-state index contributed by atoms with van der Waals surface area (Å²) < 4.78 is 16.8. The molecular formula is C23H32IN3O3. The molecule has 7 heteroatoms. The number of methoxy groups -OCH3 is 2. The van der Waals surface area contributed by atoms with Crippen molar-refractivity contribution in [2.24, 2.45) is 10.9 Å². The molecular weight excluding hydrogens is 493 g/mol. The number of para-hydroxylation sites is 1. The van der Waals surface area contributed by atoms with E-state index in [1.54, 1.807) is 14.2 Å². The van der Waals surface area contributed by atoms with E-state index in [4.69, 9.17) is 14.2 Å². The van der Waals surface area contributed by atoms with Crippen LogP contribution in [0.4, 0.5) is 0 Å². The van der Waals surface area contributed by atoms with Gasteiger partial charge in [0.1, 0.15) is 0 Å². The van der Waals surface area contributed by atoms with Crippen LogP contribution in [0.2, 0.25) is 0 Å². The average molecular weight is 525 g/mol. The highest BCUT2D eigenvalue weighted by atomic mass is 127. The van der Waals surface area contributed by atoms with E-state index in [0.717, 1.165) is 49.1 Å². The Kier molecular flexibility index (Phi) is 10.2. The molecule has 1 fully saturated rings. The Morgan fingerprint density at radius 1 is 1.10 bits per heavy atom. The molecule has 0 bridgehead atoms. The molecule has 1 atom stereocenters. The first-order valence-corrected chi connectivity index (χ1v) is 10.0. The van der Waals surface area contributed by atoms with Crippen LogP contribution < -0.4 is 14.8 Å². The van der Waals surface area contributed by atoms with Crippen molar-refractivity contribution >= 4 is 29.9 Å². The van der Waals surface area contributed by atoms with Crippen LogP contribution in [0.25, 0.3) is 0 Å². The van der Waals surface area contributed by atoms with Gasteiger partial charge in [-0.05, 0) is 18.1 Å². The molecule has 0 aromatic heterocycles. The van der Waals surface area contributed by atoms with Crippen LogP contribution in [-0.4, -0.2) is 51.8 Å². The summed E-state index contributed by atoms with van der Waals surface area (Å²) >= 11 is 0. The summed E-state index contributed by atoms with van der Waals surface area (Å²) in [5.74, 6) is 2.91. The first kappa shape index (κ1) is 24.3. The summed E-state index contributed by atoms with van der Waals surface area (Å²) in [5, 5.41) is 3.46. The number of nitrogens with one attached hydrogen (secondary N) is 1. The maximum absolute atomic E-state index is 5.93. The van der Waals surface area contributed by atoms with Crippen molar-refractivity contribution in [3.05, 3.63) is 59.7 Å². The third-order valence-corrected chi connectivity index (χ3v) is 5.18. The summed E-state index contributed by atoms with van der Waals surface area (Å²) in [6.45, 7) is 3.99. The molecule has 2 aromatic carbocycles. The summed E-state index contributed by atoms with van der Waals surface area (Å²) in [4.78, 5) is 6.76. The SMILES string of the molecule is CN=C(NCc1cccc(OC)c1OC)N1CCC(COCc2ccccc2)C1.I. The zero-order valence-electron chi connectivity index (χ0n) is 18.0. The number of benzene rings is 2.